The number of carbonyl (C=O) groups is 2. The largest absolute Gasteiger partial charge is 0.409 e. The van der Waals surface area contributed by atoms with Crippen molar-refractivity contribution < 1.29 is 14.8 Å². The molecule has 1 aliphatic rings. The van der Waals surface area contributed by atoms with Crippen LogP contribution in [0.25, 0.3) is 0 Å². The molecule has 1 saturated carbocycles. The predicted octanol–water partition coefficient (Wildman–Crippen LogP) is 1.03. The zero-order valence-electron chi connectivity index (χ0n) is 11.5. The SMILES string of the molecule is NC(=O)c1cccc(NC(=O)C2(/C(N)=N/O)CCCC2)c1. The van der Waals surface area contributed by atoms with E-state index in [1.807, 2.05) is 0 Å². The van der Waals surface area contributed by atoms with Crippen molar-refractivity contribution in [1.82, 2.24) is 0 Å². The maximum absolute atomic E-state index is 12.5. The van der Waals surface area contributed by atoms with Crippen LogP contribution in [0.3, 0.4) is 0 Å². The molecule has 0 radical (unpaired) electrons. The summed E-state index contributed by atoms with van der Waals surface area (Å²) < 4.78 is 0. The third kappa shape index (κ3) is 2.81. The monoisotopic (exact) mass is 290 g/mol. The summed E-state index contributed by atoms with van der Waals surface area (Å²) in [5.74, 6) is -0.987. The number of anilines is 1. The maximum atomic E-state index is 12.5. The van der Waals surface area contributed by atoms with Crippen molar-refractivity contribution in [1.29, 1.82) is 0 Å². The molecule has 0 spiro atoms. The van der Waals surface area contributed by atoms with E-state index in [1.54, 1.807) is 18.2 Å². The molecule has 0 unspecified atom stereocenters. The van der Waals surface area contributed by atoms with Crippen molar-refractivity contribution >= 4 is 23.3 Å². The fourth-order valence-electron chi connectivity index (χ4n) is 2.67. The molecular formula is C14H18N4O3. The Hall–Kier alpha value is -2.57. The fraction of sp³-hybridized carbons (Fsp3) is 0.357. The van der Waals surface area contributed by atoms with Gasteiger partial charge >= 0.3 is 0 Å². The number of nitrogens with zero attached hydrogens (tertiary/aromatic N) is 1. The number of amides is 2. The quantitative estimate of drug-likeness (QED) is 0.285. The molecule has 0 heterocycles. The number of hydrogen-bond acceptors (Lipinski definition) is 4. The van der Waals surface area contributed by atoms with Gasteiger partial charge in [-0.15, -0.1) is 0 Å². The second-order valence-corrected chi connectivity index (χ2v) is 5.17. The highest BCUT2D eigenvalue weighted by atomic mass is 16.4. The highest BCUT2D eigenvalue weighted by molar-refractivity contribution is 6.12. The minimum absolute atomic E-state index is 0.0800. The number of amidine groups is 1. The van der Waals surface area contributed by atoms with Crippen LogP contribution in [-0.2, 0) is 4.79 Å². The van der Waals surface area contributed by atoms with Crippen LogP contribution in [-0.4, -0.2) is 22.9 Å². The van der Waals surface area contributed by atoms with E-state index in [0.717, 1.165) is 12.8 Å². The Balaban J connectivity index is 2.24. The molecule has 21 heavy (non-hydrogen) atoms. The third-order valence-corrected chi connectivity index (χ3v) is 3.89. The van der Waals surface area contributed by atoms with Crippen molar-refractivity contribution in [3.8, 4) is 0 Å². The summed E-state index contributed by atoms with van der Waals surface area (Å²) in [6.07, 6.45) is 2.74. The number of oxime groups is 1. The summed E-state index contributed by atoms with van der Waals surface area (Å²) in [4.78, 5) is 23.7. The van der Waals surface area contributed by atoms with Crippen LogP contribution < -0.4 is 16.8 Å². The lowest BCUT2D eigenvalue weighted by atomic mass is 9.83. The zero-order chi connectivity index (χ0) is 15.5. The number of benzene rings is 1. The normalized spacial score (nSPS) is 17.4. The molecular weight excluding hydrogens is 272 g/mol. The summed E-state index contributed by atoms with van der Waals surface area (Å²) in [7, 11) is 0. The molecule has 1 aliphatic carbocycles. The number of nitrogens with one attached hydrogen (secondary N) is 1. The number of carbonyl (C=O) groups excluding carboxylic acids is 2. The Kier molecular flexibility index (Phi) is 4.11. The zero-order valence-corrected chi connectivity index (χ0v) is 11.5. The Morgan fingerprint density at radius 3 is 2.48 bits per heavy atom. The molecule has 1 fully saturated rings. The Labute approximate surface area is 122 Å². The molecule has 2 amide bonds. The highest BCUT2D eigenvalue weighted by Crippen LogP contribution is 2.39. The lowest BCUT2D eigenvalue weighted by Gasteiger charge is -2.26. The van der Waals surface area contributed by atoms with Gasteiger partial charge in [-0.1, -0.05) is 24.1 Å². The second kappa shape index (κ2) is 5.82. The summed E-state index contributed by atoms with van der Waals surface area (Å²) in [6, 6.07) is 6.34. The van der Waals surface area contributed by atoms with E-state index < -0.39 is 11.3 Å². The molecule has 0 saturated heterocycles. The van der Waals surface area contributed by atoms with Crippen LogP contribution >= 0.6 is 0 Å². The van der Waals surface area contributed by atoms with Gasteiger partial charge in [-0.25, -0.2) is 0 Å². The van der Waals surface area contributed by atoms with Crippen LogP contribution in [0.2, 0.25) is 0 Å². The van der Waals surface area contributed by atoms with E-state index in [2.05, 4.69) is 10.5 Å². The molecule has 6 N–H and O–H groups in total. The lowest BCUT2D eigenvalue weighted by Crippen LogP contribution is -2.45. The van der Waals surface area contributed by atoms with Gasteiger partial charge in [0.05, 0.1) is 0 Å². The van der Waals surface area contributed by atoms with Crippen molar-refractivity contribution in [2.75, 3.05) is 5.32 Å². The van der Waals surface area contributed by atoms with Gasteiger partial charge in [0.15, 0.2) is 5.84 Å². The summed E-state index contributed by atoms with van der Waals surface area (Å²) in [5, 5.41) is 14.6. The van der Waals surface area contributed by atoms with E-state index in [4.69, 9.17) is 16.7 Å². The average Bonchev–Trinajstić information content (AvgIpc) is 2.97. The van der Waals surface area contributed by atoms with Gasteiger partial charge in [0.1, 0.15) is 5.41 Å². The number of hydrogen-bond donors (Lipinski definition) is 4. The Bertz CT molecular complexity index is 592. The first-order chi connectivity index (χ1) is 9.99. The molecule has 0 aromatic heterocycles. The van der Waals surface area contributed by atoms with E-state index in [9.17, 15) is 9.59 Å². The van der Waals surface area contributed by atoms with Crippen molar-refractivity contribution in [3.05, 3.63) is 29.8 Å². The van der Waals surface area contributed by atoms with Gasteiger partial charge in [0, 0.05) is 11.3 Å². The molecule has 0 aliphatic heterocycles. The molecule has 112 valence electrons. The van der Waals surface area contributed by atoms with Crippen LogP contribution in [0.15, 0.2) is 29.4 Å². The maximum Gasteiger partial charge on any atom is 0.248 e. The van der Waals surface area contributed by atoms with E-state index in [0.29, 0.717) is 24.1 Å². The number of nitrogens with two attached hydrogens (primary N) is 2. The van der Waals surface area contributed by atoms with E-state index in [1.165, 1.54) is 6.07 Å². The van der Waals surface area contributed by atoms with Crippen LogP contribution in [0.5, 0.6) is 0 Å². The molecule has 0 atom stereocenters. The van der Waals surface area contributed by atoms with Gasteiger partial charge in [-0.2, -0.15) is 0 Å². The van der Waals surface area contributed by atoms with Gasteiger partial charge in [-0.3, -0.25) is 9.59 Å². The molecule has 0 bridgehead atoms. The molecule has 7 heteroatoms. The summed E-state index contributed by atoms with van der Waals surface area (Å²) >= 11 is 0. The minimum atomic E-state index is -0.989. The first-order valence-corrected chi connectivity index (χ1v) is 6.69. The van der Waals surface area contributed by atoms with Crippen molar-refractivity contribution in [2.24, 2.45) is 22.0 Å². The smallest absolute Gasteiger partial charge is 0.248 e. The van der Waals surface area contributed by atoms with E-state index >= 15 is 0 Å². The molecule has 1 aromatic rings. The van der Waals surface area contributed by atoms with Crippen LogP contribution in [0.1, 0.15) is 36.0 Å². The van der Waals surface area contributed by atoms with Gasteiger partial charge in [0.25, 0.3) is 0 Å². The predicted molar refractivity (Wildman–Crippen MR) is 77.9 cm³/mol. The molecule has 7 nitrogen and oxygen atoms in total. The standard InChI is InChI=1S/C14H18N4O3/c15-11(19)9-4-3-5-10(8-9)17-13(20)14(12(16)18-21)6-1-2-7-14/h3-5,8,21H,1-2,6-7H2,(H2,15,19)(H2,16,18)(H,17,20). The Morgan fingerprint density at radius 2 is 1.90 bits per heavy atom. The van der Waals surface area contributed by atoms with Crippen molar-refractivity contribution in [2.45, 2.75) is 25.7 Å². The summed E-state index contributed by atoms with van der Waals surface area (Å²) in [6.45, 7) is 0. The number of primary amides is 1. The van der Waals surface area contributed by atoms with Gasteiger partial charge in [-0.05, 0) is 31.0 Å². The van der Waals surface area contributed by atoms with Gasteiger partial charge in [0.2, 0.25) is 11.8 Å². The summed E-state index contributed by atoms with van der Waals surface area (Å²) in [5.41, 5.74) is 10.7. The third-order valence-electron chi connectivity index (χ3n) is 3.89. The first kappa shape index (κ1) is 14.8. The second-order valence-electron chi connectivity index (χ2n) is 5.17. The van der Waals surface area contributed by atoms with Crippen LogP contribution in [0, 0.1) is 5.41 Å². The topological polar surface area (TPSA) is 131 Å². The lowest BCUT2D eigenvalue weighted by molar-refractivity contribution is -0.122. The van der Waals surface area contributed by atoms with E-state index in [-0.39, 0.29) is 11.7 Å². The molecule has 2 rings (SSSR count). The highest BCUT2D eigenvalue weighted by Gasteiger charge is 2.45. The van der Waals surface area contributed by atoms with Crippen molar-refractivity contribution in [3.63, 3.8) is 0 Å². The minimum Gasteiger partial charge on any atom is -0.409 e. The van der Waals surface area contributed by atoms with Crippen LogP contribution in [0.4, 0.5) is 5.69 Å². The van der Waals surface area contributed by atoms with Gasteiger partial charge < -0.3 is 22.0 Å². The Morgan fingerprint density at radius 1 is 1.24 bits per heavy atom. The average molecular weight is 290 g/mol. The first-order valence-electron chi connectivity index (χ1n) is 6.69. The molecule has 1 aromatic carbocycles. The number of rotatable bonds is 4. The fourth-order valence-corrected chi connectivity index (χ4v) is 2.67.